The van der Waals surface area contributed by atoms with Gasteiger partial charge in [-0.3, -0.25) is 5.32 Å². The van der Waals surface area contributed by atoms with Crippen molar-refractivity contribution in [2.24, 2.45) is 0 Å². The smallest absolute Gasteiger partial charge is 0.413 e. The maximum atomic E-state index is 11.3. The number of rotatable bonds is 3. The van der Waals surface area contributed by atoms with Gasteiger partial charge in [0.1, 0.15) is 12.7 Å². The van der Waals surface area contributed by atoms with Crippen molar-refractivity contribution < 1.29 is 9.53 Å². The van der Waals surface area contributed by atoms with E-state index in [1.54, 1.807) is 12.1 Å². The van der Waals surface area contributed by atoms with Crippen LogP contribution in [0.15, 0.2) is 43.0 Å². The Bertz CT molecular complexity index is 441. The van der Waals surface area contributed by atoms with Crippen LogP contribution in [-0.2, 0) is 11.5 Å². The number of carbonyl (C=O) groups is 1. The summed E-state index contributed by atoms with van der Waals surface area (Å²) < 4.78 is 6.31. The lowest BCUT2D eigenvalue weighted by Gasteiger charge is -2.05. The highest BCUT2D eigenvalue weighted by atomic mass is 16.6. The highest BCUT2D eigenvalue weighted by Crippen LogP contribution is 2.05. The van der Waals surface area contributed by atoms with E-state index in [4.69, 9.17) is 4.74 Å². The lowest BCUT2D eigenvalue weighted by molar-refractivity contribution is 0.121. The summed E-state index contributed by atoms with van der Waals surface area (Å²) in [6, 6.07) is 9.07. The Labute approximate surface area is 91.9 Å². The largest absolute Gasteiger partial charge is 0.426 e. The summed E-state index contributed by atoms with van der Waals surface area (Å²) in [5.41, 5.74) is 0.686. The second kappa shape index (κ2) is 4.92. The normalized spacial score (nSPS) is 9.75. The molecule has 6 nitrogen and oxygen atoms in total. The van der Waals surface area contributed by atoms with Crippen LogP contribution in [0, 0.1) is 0 Å². The summed E-state index contributed by atoms with van der Waals surface area (Å²) in [6.45, 7) is 0.0403. The fourth-order valence-corrected chi connectivity index (χ4v) is 1.10. The molecule has 1 amide bonds. The van der Waals surface area contributed by atoms with Crippen molar-refractivity contribution in [1.29, 1.82) is 0 Å². The average Bonchev–Trinajstić information content (AvgIpc) is 2.81. The van der Waals surface area contributed by atoms with E-state index in [-0.39, 0.29) is 6.73 Å². The molecule has 0 spiro atoms. The van der Waals surface area contributed by atoms with Gasteiger partial charge in [0.05, 0.1) is 0 Å². The molecule has 0 saturated carbocycles. The van der Waals surface area contributed by atoms with Crippen molar-refractivity contribution in [3.05, 3.63) is 43.0 Å². The molecule has 0 bridgehead atoms. The van der Waals surface area contributed by atoms with Crippen LogP contribution >= 0.6 is 0 Å². The van der Waals surface area contributed by atoms with Crippen molar-refractivity contribution in [1.82, 2.24) is 14.8 Å². The van der Waals surface area contributed by atoms with Gasteiger partial charge in [-0.2, -0.15) is 5.10 Å². The number of carbonyl (C=O) groups excluding carboxylic acids is 1. The molecule has 6 heteroatoms. The number of benzene rings is 1. The standard InChI is InChI=1S/C10H10N4O2/c15-10(13-9-4-2-1-3-5-9)16-8-14-7-11-6-12-14/h1-7H,8H2,(H,13,15). The van der Waals surface area contributed by atoms with Gasteiger partial charge in [0, 0.05) is 5.69 Å². The molecule has 1 aromatic heterocycles. The third-order valence-corrected chi connectivity index (χ3v) is 1.81. The molecule has 0 atom stereocenters. The first-order valence-corrected chi connectivity index (χ1v) is 4.66. The molecule has 0 radical (unpaired) electrons. The van der Waals surface area contributed by atoms with Crippen LogP contribution in [0.25, 0.3) is 0 Å². The van der Waals surface area contributed by atoms with Crippen molar-refractivity contribution in [2.45, 2.75) is 6.73 Å². The van der Waals surface area contributed by atoms with Crippen molar-refractivity contribution in [3.63, 3.8) is 0 Å². The van der Waals surface area contributed by atoms with E-state index in [9.17, 15) is 4.79 Å². The average molecular weight is 218 g/mol. The van der Waals surface area contributed by atoms with Gasteiger partial charge in [-0.25, -0.2) is 14.5 Å². The molecule has 1 aromatic carbocycles. The third kappa shape index (κ3) is 2.81. The van der Waals surface area contributed by atoms with E-state index in [0.29, 0.717) is 5.69 Å². The fraction of sp³-hybridized carbons (Fsp3) is 0.100. The quantitative estimate of drug-likeness (QED) is 0.847. The Morgan fingerprint density at radius 2 is 2.19 bits per heavy atom. The summed E-state index contributed by atoms with van der Waals surface area (Å²) in [6.07, 6.45) is 2.32. The SMILES string of the molecule is O=C(Nc1ccccc1)OCn1cncn1. The second-order valence-corrected chi connectivity index (χ2v) is 2.99. The number of nitrogens with one attached hydrogen (secondary N) is 1. The number of hydrogen-bond donors (Lipinski definition) is 1. The number of nitrogens with zero attached hydrogens (tertiary/aromatic N) is 3. The van der Waals surface area contributed by atoms with Crippen LogP contribution in [-0.4, -0.2) is 20.9 Å². The van der Waals surface area contributed by atoms with Gasteiger partial charge in [0.25, 0.3) is 0 Å². The van der Waals surface area contributed by atoms with Gasteiger partial charge in [-0.05, 0) is 12.1 Å². The number of ether oxygens (including phenoxy) is 1. The van der Waals surface area contributed by atoms with E-state index < -0.39 is 6.09 Å². The van der Waals surface area contributed by atoms with Gasteiger partial charge in [-0.1, -0.05) is 18.2 Å². The molecule has 1 heterocycles. The van der Waals surface area contributed by atoms with Gasteiger partial charge in [0.15, 0.2) is 6.73 Å². The van der Waals surface area contributed by atoms with Crippen LogP contribution in [0.3, 0.4) is 0 Å². The topological polar surface area (TPSA) is 69.0 Å². The summed E-state index contributed by atoms with van der Waals surface area (Å²) >= 11 is 0. The summed E-state index contributed by atoms with van der Waals surface area (Å²) in [7, 11) is 0. The molecule has 16 heavy (non-hydrogen) atoms. The molecular formula is C10H10N4O2. The maximum Gasteiger partial charge on any atom is 0.413 e. The minimum absolute atomic E-state index is 0.0403. The molecule has 0 aliphatic rings. The third-order valence-electron chi connectivity index (χ3n) is 1.81. The molecule has 82 valence electrons. The van der Waals surface area contributed by atoms with Crippen LogP contribution in [0.4, 0.5) is 10.5 Å². The van der Waals surface area contributed by atoms with Crippen LogP contribution in [0.1, 0.15) is 0 Å². The molecule has 0 aliphatic heterocycles. The Kier molecular flexibility index (Phi) is 3.12. The molecule has 0 saturated heterocycles. The first-order valence-electron chi connectivity index (χ1n) is 4.66. The van der Waals surface area contributed by atoms with E-state index >= 15 is 0 Å². The van der Waals surface area contributed by atoms with E-state index in [1.807, 2.05) is 18.2 Å². The Hall–Kier alpha value is -2.37. The first-order chi connectivity index (χ1) is 7.84. The zero-order valence-electron chi connectivity index (χ0n) is 8.41. The van der Waals surface area contributed by atoms with Crippen molar-refractivity contribution in [3.8, 4) is 0 Å². The predicted octanol–water partition coefficient (Wildman–Crippen LogP) is 1.48. The number of aromatic nitrogens is 3. The van der Waals surface area contributed by atoms with Gasteiger partial charge < -0.3 is 4.74 Å². The Morgan fingerprint density at radius 3 is 2.88 bits per heavy atom. The highest BCUT2D eigenvalue weighted by molar-refractivity contribution is 5.84. The molecule has 0 fully saturated rings. The number of para-hydroxylation sites is 1. The molecule has 2 rings (SSSR count). The monoisotopic (exact) mass is 218 g/mol. The first kappa shape index (κ1) is 10.2. The predicted molar refractivity (Wildman–Crippen MR) is 56.6 cm³/mol. The minimum Gasteiger partial charge on any atom is -0.426 e. The Balaban J connectivity index is 1.81. The fourth-order valence-electron chi connectivity index (χ4n) is 1.10. The van der Waals surface area contributed by atoms with Gasteiger partial charge in [0.2, 0.25) is 0 Å². The van der Waals surface area contributed by atoms with E-state index in [2.05, 4.69) is 15.4 Å². The molecule has 2 aromatic rings. The zero-order valence-corrected chi connectivity index (χ0v) is 8.41. The molecule has 1 N–H and O–H groups in total. The lowest BCUT2D eigenvalue weighted by atomic mass is 10.3. The highest BCUT2D eigenvalue weighted by Gasteiger charge is 2.02. The molecular weight excluding hydrogens is 208 g/mol. The van der Waals surface area contributed by atoms with E-state index in [0.717, 1.165) is 0 Å². The van der Waals surface area contributed by atoms with Crippen LogP contribution < -0.4 is 5.32 Å². The number of anilines is 1. The lowest BCUT2D eigenvalue weighted by Crippen LogP contribution is -2.16. The zero-order chi connectivity index (χ0) is 11.2. The molecule has 0 aliphatic carbocycles. The van der Waals surface area contributed by atoms with Gasteiger partial charge >= 0.3 is 6.09 Å². The van der Waals surface area contributed by atoms with Crippen molar-refractivity contribution in [2.75, 3.05) is 5.32 Å². The molecule has 0 unspecified atom stereocenters. The number of amides is 1. The minimum atomic E-state index is -0.526. The van der Waals surface area contributed by atoms with Crippen LogP contribution in [0.2, 0.25) is 0 Å². The second-order valence-electron chi connectivity index (χ2n) is 2.99. The van der Waals surface area contributed by atoms with Crippen molar-refractivity contribution >= 4 is 11.8 Å². The number of hydrogen-bond acceptors (Lipinski definition) is 4. The Morgan fingerprint density at radius 1 is 1.38 bits per heavy atom. The summed E-state index contributed by atoms with van der Waals surface area (Å²) in [5, 5.41) is 6.38. The van der Waals surface area contributed by atoms with Crippen LogP contribution in [0.5, 0.6) is 0 Å². The maximum absolute atomic E-state index is 11.3. The van der Waals surface area contributed by atoms with Gasteiger partial charge in [-0.15, -0.1) is 0 Å². The summed E-state index contributed by atoms with van der Waals surface area (Å²) in [4.78, 5) is 15.0. The van der Waals surface area contributed by atoms with E-state index in [1.165, 1.54) is 17.3 Å². The summed E-state index contributed by atoms with van der Waals surface area (Å²) in [5.74, 6) is 0.